The number of benzene rings is 3. The molecule has 3 N–H and O–H groups in total. The summed E-state index contributed by atoms with van der Waals surface area (Å²) < 4.78 is 29.4. The Bertz CT molecular complexity index is 1180. The Hall–Kier alpha value is -2.71. The third kappa shape index (κ3) is 6.90. The molecule has 0 aliphatic carbocycles. The summed E-state index contributed by atoms with van der Waals surface area (Å²) in [6.07, 6.45) is 0.849. The van der Waals surface area contributed by atoms with Gasteiger partial charge in [-0.1, -0.05) is 60.7 Å². The molecule has 0 aromatic heterocycles. The summed E-state index contributed by atoms with van der Waals surface area (Å²) in [4.78, 5) is 2.27. The highest BCUT2D eigenvalue weighted by molar-refractivity contribution is 7.89. The number of aliphatic hydroxyl groups is 1. The van der Waals surface area contributed by atoms with Crippen molar-refractivity contribution in [1.82, 2.24) is 4.90 Å². The highest BCUT2D eigenvalue weighted by atomic mass is 32.2. The Balaban J connectivity index is 1.80. The van der Waals surface area contributed by atoms with E-state index >= 15 is 0 Å². The zero-order valence-corrected chi connectivity index (χ0v) is 20.8. The van der Waals surface area contributed by atoms with Crippen LogP contribution in [0.2, 0.25) is 0 Å². The molecule has 0 heterocycles. The third-order valence-corrected chi connectivity index (χ3v) is 7.24. The smallest absolute Gasteiger partial charge is 0.238 e. The minimum atomic E-state index is -3.87. The van der Waals surface area contributed by atoms with Crippen molar-refractivity contribution in [3.8, 4) is 5.75 Å². The molecule has 0 fully saturated rings. The van der Waals surface area contributed by atoms with Gasteiger partial charge in [-0.25, -0.2) is 13.6 Å². The number of para-hydroxylation sites is 1. The maximum Gasteiger partial charge on any atom is 0.238 e. The van der Waals surface area contributed by atoms with E-state index in [-0.39, 0.29) is 10.9 Å². The molecule has 0 amide bonds. The quantitative estimate of drug-likeness (QED) is 0.427. The zero-order chi connectivity index (χ0) is 24.7. The molecule has 7 heteroatoms. The van der Waals surface area contributed by atoms with Crippen LogP contribution in [-0.2, 0) is 23.0 Å². The van der Waals surface area contributed by atoms with Gasteiger partial charge in [0.25, 0.3) is 0 Å². The molecule has 2 atom stereocenters. The molecule has 0 aliphatic heterocycles. The highest BCUT2D eigenvalue weighted by Crippen LogP contribution is 2.25. The van der Waals surface area contributed by atoms with Gasteiger partial charge >= 0.3 is 0 Å². The minimum absolute atomic E-state index is 0.0443. The molecule has 0 aliphatic rings. The van der Waals surface area contributed by atoms with E-state index in [1.165, 1.54) is 6.07 Å². The van der Waals surface area contributed by atoms with Crippen molar-refractivity contribution in [2.45, 2.75) is 50.3 Å². The van der Waals surface area contributed by atoms with E-state index in [1.807, 2.05) is 36.4 Å². The zero-order valence-electron chi connectivity index (χ0n) is 20.0. The molecule has 6 nitrogen and oxygen atoms in total. The summed E-state index contributed by atoms with van der Waals surface area (Å²) in [5.74, 6) is 0.875. The van der Waals surface area contributed by atoms with Gasteiger partial charge in [-0.3, -0.25) is 4.90 Å². The number of methoxy groups -OCH3 is 1. The van der Waals surface area contributed by atoms with Crippen LogP contribution in [0.25, 0.3) is 0 Å². The predicted molar refractivity (Wildman–Crippen MR) is 135 cm³/mol. The number of rotatable bonds is 11. The first kappa shape index (κ1) is 25.9. The van der Waals surface area contributed by atoms with Crippen LogP contribution in [0, 0.1) is 6.92 Å². The molecule has 2 unspecified atom stereocenters. The van der Waals surface area contributed by atoms with Gasteiger partial charge in [-0.2, -0.15) is 0 Å². The number of aliphatic hydroxyl groups excluding tert-OH is 1. The van der Waals surface area contributed by atoms with E-state index in [2.05, 4.69) is 30.0 Å². The van der Waals surface area contributed by atoms with Gasteiger partial charge in [0.15, 0.2) is 0 Å². The van der Waals surface area contributed by atoms with E-state index in [0.29, 0.717) is 24.2 Å². The minimum Gasteiger partial charge on any atom is -0.496 e. The molecule has 0 spiro atoms. The van der Waals surface area contributed by atoms with Gasteiger partial charge in [0, 0.05) is 19.1 Å². The second kappa shape index (κ2) is 11.6. The van der Waals surface area contributed by atoms with Gasteiger partial charge in [0.2, 0.25) is 10.0 Å². The van der Waals surface area contributed by atoms with Crippen LogP contribution >= 0.6 is 0 Å². The number of hydrogen-bond acceptors (Lipinski definition) is 5. The SMILES string of the molecule is COc1ccccc1CCC(C)N(Cc1ccccc1)CC(O)c1ccc(C)c(S(N)(=O)=O)c1. The van der Waals surface area contributed by atoms with Gasteiger partial charge in [-0.15, -0.1) is 0 Å². The van der Waals surface area contributed by atoms with Crippen LogP contribution < -0.4 is 9.88 Å². The normalized spacial score (nSPS) is 13.6. The monoisotopic (exact) mass is 482 g/mol. The van der Waals surface area contributed by atoms with Crippen LogP contribution in [0.4, 0.5) is 0 Å². The van der Waals surface area contributed by atoms with Crippen molar-refractivity contribution in [3.63, 3.8) is 0 Å². The maximum atomic E-state index is 11.9. The Labute approximate surface area is 203 Å². The fourth-order valence-electron chi connectivity index (χ4n) is 4.13. The lowest BCUT2D eigenvalue weighted by Gasteiger charge is -2.31. The van der Waals surface area contributed by atoms with Gasteiger partial charge in [-0.05, 0) is 61.1 Å². The standard InChI is InChI=1S/C27H34N2O4S/c1-20-13-15-24(17-27(20)34(28,31)32)25(30)19-29(18-22-9-5-4-6-10-22)21(2)14-16-23-11-7-8-12-26(23)33-3/h4-13,15,17,21,25,30H,14,16,18-19H2,1-3H3,(H2,28,31,32). The van der Waals surface area contributed by atoms with E-state index in [4.69, 9.17) is 9.88 Å². The number of aryl methyl sites for hydroxylation is 2. The summed E-state index contributed by atoms with van der Waals surface area (Å²) in [6, 6.07) is 23.2. The van der Waals surface area contributed by atoms with Gasteiger partial charge < -0.3 is 9.84 Å². The summed E-state index contributed by atoms with van der Waals surface area (Å²) in [5.41, 5.74) is 3.38. The molecule has 0 bridgehead atoms. The van der Waals surface area contributed by atoms with Crippen molar-refractivity contribution < 1.29 is 18.3 Å². The van der Waals surface area contributed by atoms with E-state index in [9.17, 15) is 13.5 Å². The predicted octanol–water partition coefficient (Wildman–Crippen LogP) is 4.21. The number of sulfonamides is 1. The molecular formula is C27H34N2O4S. The fraction of sp³-hybridized carbons (Fsp3) is 0.333. The lowest BCUT2D eigenvalue weighted by Crippen LogP contribution is -2.36. The van der Waals surface area contributed by atoms with E-state index in [1.54, 1.807) is 26.2 Å². The van der Waals surface area contributed by atoms with Crippen LogP contribution in [0.15, 0.2) is 77.7 Å². The van der Waals surface area contributed by atoms with Crippen molar-refractivity contribution in [2.75, 3.05) is 13.7 Å². The Morgan fingerprint density at radius 1 is 1.03 bits per heavy atom. The van der Waals surface area contributed by atoms with E-state index in [0.717, 1.165) is 29.7 Å². The molecule has 3 aromatic carbocycles. The molecule has 0 saturated heterocycles. The lowest BCUT2D eigenvalue weighted by molar-refractivity contribution is 0.0832. The second-order valence-corrected chi connectivity index (χ2v) is 10.2. The maximum absolute atomic E-state index is 11.9. The second-order valence-electron chi connectivity index (χ2n) is 8.70. The number of primary sulfonamides is 1. The topological polar surface area (TPSA) is 92.9 Å². The number of nitrogens with two attached hydrogens (primary N) is 1. The summed E-state index contributed by atoms with van der Waals surface area (Å²) in [7, 11) is -2.19. The van der Waals surface area contributed by atoms with Crippen LogP contribution in [-0.4, -0.2) is 38.1 Å². The van der Waals surface area contributed by atoms with Crippen LogP contribution in [0.3, 0.4) is 0 Å². The first-order valence-corrected chi connectivity index (χ1v) is 12.9. The molecular weight excluding hydrogens is 448 g/mol. The average Bonchev–Trinajstić information content (AvgIpc) is 2.82. The largest absolute Gasteiger partial charge is 0.496 e. The van der Waals surface area contributed by atoms with Gasteiger partial charge in [0.1, 0.15) is 5.75 Å². The number of ether oxygens (including phenoxy) is 1. The molecule has 182 valence electrons. The van der Waals surface area contributed by atoms with Crippen molar-refractivity contribution in [3.05, 3.63) is 95.1 Å². The first-order chi connectivity index (χ1) is 16.2. The molecule has 3 rings (SSSR count). The van der Waals surface area contributed by atoms with Crippen LogP contribution in [0.5, 0.6) is 5.75 Å². The van der Waals surface area contributed by atoms with Crippen molar-refractivity contribution >= 4 is 10.0 Å². The molecule has 0 saturated carbocycles. The van der Waals surface area contributed by atoms with Gasteiger partial charge in [0.05, 0.1) is 18.1 Å². The van der Waals surface area contributed by atoms with E-state index < -0.39 is 16.1 Å². The highest BCUT2D eigenvalue weighted by Gasteiger charge is 2.22. The Morgan fingerprint density at radius 2 is 1.71 bits per heavy atom. The Morgan fingerprint density at radius 3 is 2.38 bits per heavy atom. The fourth-order valence-corrected chi connectivity index (χ4v) is 4.95. The summed E-state index contributed by atoms with van der Waals surface area (Å²) in [6.45, 7) is 4.86. The first-order valence-electron chi connectivity index (χ1n) is 11.4. The van der Waals surface area contributed by atoms with Crippen molar-refractivity contribution in [2.24, 2.45) is 5.14 Å². The number of nitrogens with zero attached hydrogens (tertiary/aromatic N) is 1. The van der Waals surface area contributed by atoms with Crippen LogP contribution in [0.1, 0.15) is 41.7 Å². The Kier molecular flexibility index (Phi) is 8.85. The summed E-state index contributed by atoms with van der Waals surface area (Å²) in [5, 5.41) is 16.4. The summed E-state index contributed by atoms with van der Waals surface area (Å²) >= 11 is 0. The lowest BCUT2D eigenvalue weighted by atomic mass is 10.0. The molecule has 34 heavy (non-hydrogen) atoms. The average molecular weight is 483 g/mol. The molecule has 3 aromatic rings. The number of hydrogen-bond donors (Lipinski definition) is 2. The molecule has 0 radical (unpaired) electrons. The van der Waals surface area contributed by atoms with Crippen molar-refractivity contribution in [1.29, 1.82) is 0 Å². The third-order valence-electron chi connectivity index (χ3n) is 6.19.